The Labute approximate surface area is 250 Å². The van der Waals surface area contributed by atoms with Crippen LogP contribution in [0.5, 0.6) is 5.75 Å². The largest absolute Gasteiger partial charge is 0.489 e. The van der Waals surface area contributed by atoms with Gasteiger partial charge in [-0.1, -0.05) is 72.8 Å². The van der Waals surface area contributed by atoms with E-state index < -0.39 is 29.9 Å². The van der Waals surface area contributed by atoms with Gasteiger partial charge in [-0.05, 0) is 66.9 Å². The molecule has 0 bridgehead atoms. The molecule has 0 aliphatic carbocycles. The average molecular weight is 581 g/mol. The van der Waals surface area contributed by atoms with Crippen LogP contribution in [0.15, 0.2) is 109 Å². The van der Waals surface area contributed by atoms with Gasteiger partial charge in [0.25, 0.3) is 11.8 Å². The van der Waals surface area contributed by atoms with E-state index in [0.29, 0.717) is 18.0 Å². The van der Waals surface area contributed by atoms with Crippen LogP contribution in [0.1, 0.15) is 42.7 Å². The Balaban J connectivity index is 1.28. The zero-order valence-corrected chi connectivity index (χ0v) is 24.2. The number of ether oxygens (including phenoxy) is 3. The fourth-order valence-corrected chi connectivity index (χ4v) is 5.70. The number of carbonyl (C=O) groups is 2. The van der Waals surface area contributed by atoms with E-state index >= 15 is 0 Å². The third kappa shape index (κ3) is 5.51. The van der Waals surface area contributed by atoms with Crippen LogP contribution in [-0.2, 0) is 25.7 Å². The van der Waals surface area contributed by atoms with E-state index in [1.54, 1.807) is 35.9 Å². The third-order valence-electron chi connectivity index (χ3n) is 8.21. The van der Waals surface area contributed by atoms with E-state index in [2.05, 4.69) is 0 Å². The quantitative estimate of drug-likeness (QED) is 0.232. The summed E-state index contributed by atoms with van der Waals surface area (Å²) in [6.45, 7) is 3.91. The predicted octanol–water partition coefficient (Wildman–Crippen LogP) is 6.21. The van der Waals surface area contributed by atoms with Crippen molar-refractivity contribution < 1.29 is 28.2 Å². The first-order chi connectivity index (χ1) is 20.7. The second-order valence-corrected chi connectivity index (χ2v) is 11.1. The molecule has 4 aromatic rings. The summed E-state index contributed by atoms with van der Waals surface area (Å²) in [6.07, 6.45) is -1.48. The Morgan fingerprint density at radius 2 is 1.47 bits per heavy atom. The maximum Gasteiger partial charge on any atom is 0.282 e. The van der Waals surface area contributed by atoms with Crippen LogP contribution in [0.4, 0.5) is 10.1 Å². The molecule has 2 aliphatic heterocycles. The first-order valence-corrected chi connectivity index (χ1v) is 14.3. The molecule has 2 aliphatic rings. The number of halogens is 1. The molecular weight excluding hydrogens is 547 g/mol. The first kappa shape index (κ1) is 28.6. The number of carbonyl (C=O) groups excluding carboxylic acids is 2. The van der Waals surface area contributed by atoms with Crippen molar-refractivity contribution in [2.24, 2.45) is 0 Å². The summed E-state index contributed by atoms with van der Waals surface area (Å²) < 4.78 is 32.5. The standard InChI is InChI=1S/C35H33FN2O5/c1-23-31(26-12-8-5-9-13-26)42-35(2,34(40)37(23)3)43-32-30(38(33(32)39)28-18-16-27(36)17-19-28)25-14-20-29(21-15-25)41-22-24-10-6-4-7-11-24/h4-21,23,30-32H,22H2,1-3H3/t23-,30-,31-,32+,35+/m1/s1. The van der Waals surface area contributed by atoms with Crippen LogP contribution in [0, 0.1) is 5.82 Å². The predicted molar refractivity (Wildman–Crippen MR) is 160 cm³/mol. The van der Waals surface area contributed by atoms with Gasteiger partial charge in [-0.25, -0.2) is 4.39 Å². The van der Waals surface area contributed by atoms with E-state index in [-0.39, 0.29) is 17.9 Å². The van der Waals surface area contributed by atoms with Gasteiger partial charge in [0.1, 0.15) is 24.3 Å². The number of nitrogens with zero attached hydrogens (tertiary/aromatic N) is 2. The highest BCUT2D eigenvalue weighted by molar-refractivity contribution is 6.05. The molecule has 8 heteroatoms. The lowest BCUT2D eigenvalue weighted by Gasteiger charge is -2.52. The molecule has 2 amide bonds. The smallest absolute Gasteiger partial charge is 0.282 e. The van der Waals surface area contributed by atoms with Gasteiger partial charge in [-0.3, -0.25) is 14.5 Å². The zero-order chi connectivity index (χ0) is 30.1. The SMILES string of the molecule is C[C@@H]1[C@H](c2ccccc2)O[C@@](C)(O[C@@H]2C(=O)N(c3ccc(F)cc3)[C@@H]2c2ccc(OCc3ccccc3)cc2)C(=O)N1C. The van der Waals surface area contributed by atoms with Crippen molar-refractivity contribution in [1.82, 2.24) is 4.90 Å². The zero-order valence-electron chi connectivity index (χ0n) is 24.2. The number of hydrogen-bond donors (Lipinski definition) is 0. The summed E-state index contributed by atoms with van der Waals surface area (Å²) in [4.78, 5) is 30.4. The van der Waals surface area contributed by atoms with Crippen molar-refractivity contribution in [3.63, 3.8) is 0 Å². The fourth-order valence-electron chi connectivity index (χ4n) is 5.70. The minimum absolute atomic E-state index is 0.251. The summed E-state index contributed by atoms with van der Waals surface area (Å²) >= 11 is 0. The van der Waals surface area contributed by atoms with Gasteiger partial charge < -0.3 is 19.1 Å². The lowest BCUT2D eigenvalue weighted by atomic mass is 9.89. The van der Waals surface area contributed by atoms with Crippen LogP contribution in [0.25, 0.3) is 0 Å². The molecule has 2 heterocycles. The topological polar surface area (TPSA) is 68.3 Å². The maximum absolute atomic E-state index is 13.8. The molecule has 0 saturated carbocycles. The van der Waals surface area contributed by atoms with Crippen LogP contribution >= 0.6 is 0 Å². The number of benzene rings is 4. The fraction of sp³-hybridized carbons (Fsp3) is 0.257. The number of hydrogen-bond acceptors (Lipinski definition) is 5. The number of likely N-dealkylation sites (N-methyl/N-ethyl adjacent to an activating group) is 1. The Kier molecular flexibility index (Phi) is 7.73. The molecule has 2 fully saturated rings. The number of β-lactam (4-membered cyclic amide) rings is 1. The van der Waals surface area contributed by atoms with Crippen molar-refractivity contribution in [2.75, 3.05) is 11.9 Å². The summed E-state index contributed by atoms with van der Waals surface area (Å²) in [5.74, 6) is -2.17. The van der Waals surface area contributed by atoms with E-state index in [1.807, 2.05) is 91.9 Å². The number of morpholine rings is 1. The molecule has 0 spiro atoms. The van der Waals surface area contributed by atoms with Gasteiger partial charge in [0, 0.05) is 12.7 Å². The summed E-state index contributed by atoms with van der Waals surface area (Å²) in [5, 5.41) is 0. The van der Waals surface area contributed by atoms with E-state index in [4.69, 9.17) is 14.2 Å². The molecule has 0 N–H and O–H groups in total. The number of amides is 2. The molecule has 0 aromatic heterocycles. The van der Waals surface area contributed by atoms with E-state index in [9.17, 15) is 14.0 Å². The van der Waals surface area contributed by atoms with Crippen LogP contribution in [0.2, 0.25) is 0 Å². The second-order valence-electron chi connectivity index (χ2n) is 11.1. The Hall–Kier alpha value is -4.53. The van der Waals surface area contributed by atoms with Crippen LogP contribution in [0.3, 0.4) is 0 Å². The van der Waals surface area contributed by atoms with Gasteiger partial charge in [0.15, 0.2) is 6.10 Å². The Bertz CT molecular complexity index is 1580. The first-order valence-electron chi connectivity index (χ1n) is 14.3. The molecule has 5 atom stereocenters. The van der Waals surface area contributed by atoms with Crippen molar-refractivity contribution in [3.8, 4) is 5.75 Å². The molecule has 0 unspecified atom stereocenters. The maximum atomic E-state index is 13.8. The minimum atomic E-state index is -1.71. The van der Waals surface area contributed by atoms with Crippen molar-refractivity contribution in [3.05, 3.63) is 132 Å². The van der Waals surface area contributed by atoms with Gasteiger partial charge in [-0.15, -0.1) is 0 Å². The molecule has 43 heavy (non-hydrogen) atoms. The number of anilines is 1. The van der Waals surface area contributed by atoms with Gasteiger partial charge in [0.2, 0.25) is 5.79 Å². The number of rotatable bonds is 8. The highest BCUT2D eigenvalue weighted by atomic mass is 19.1. The lowest BCUT2D eigenvalue weighted by molar-refractivity contribution is -0.290. The Morgan fingerprint density at radius 3 is 2.12 bits per heavy atom. The minimum Gasteiger partial charge on any atom is -0.489 e. The highest BCUT2D eigenvalue weighted by Gasteiger charge is 2.57. The molecule has 7 nitrogen and oxygen atoms in total. The summed E-state index contributed by atoms with van der Waals surface area (Å²) in [5.41, 5.74) is 3.24. The average Bonchev–Trinajstić information content (AvgIpc) is 3.04. The van der Waals surface area contributed by atoms with Crippen LogP contribution < -0.4 is 9.64 Å². The normalized spacial score (nSPS) is 25.4. The molecular formula is C35H33FN2O5. The van der Waals surface area contributed by atoms with Crippen molar-refractivity contribution >= 4 is 17.5 Å². The monoisotopic (exact) mass is 580 g/mol. The third-order valence-corrected chi connectivity index (χ3v) is 8.21. The highest BCUT2D eigenvalue weighted by Crippen LogP contribution is 2.45. The van der Waals surface area contributed by atoms with Crippen molar-refractivity contribution in [1.29, 1.82) is 0 Å². The molecule has 0 radical (unpaired) electrons. The van der Waals surface area contributed by atoms with Crippen LogP contribution in [-0.4, -0.2) is 41.7 Å². The Morgan fingerprint density at radius 1 is 0.837 bits per heavy atom. The molecule has 4 aromatic carbocycles. The van der Waals surface area contributed by atoms with Crippen molar-refractivity contribution in [2.45, 2.75) is 50.5 Å². The van der Waals surface area contributed by atoms with Gasteiger partial charge in [0.05, 0.1) is 12.1 Å². The summed E-state index contributed by atoms with van der Waals surface area (Å²) in [7, 11) is 1.71. The second kappa shape index (κ2) is 11.6. The summed E-state index contributed by atoms with van der Waals surface area (Å²) in [6, 6.07) is 31.8. The molecule has 6 rings (SSSR count). The van der Waals surface area contributed by atoms with Gasteiger partial charge in [-0.2, -0.15) is 0 Å². The lowest BCUT2D eigenvalue weighted by Crippen LogP contribution is -2.67. The van der Waals surface area contributed by atoms with Gasteiger partial charge >= 0.3 is 0 Å². The van der Waals surface area contributed by atoms with E-state index in [1.165, 1.54) is 12.1 Å². The molecule has 2 saturated heterocycles. The van der Waals surface area contributed by atoms with E-state index in [0.717, 1.165) is 16.7 Å². The molecule has 220 valence electrons.